The van der Waals surface area contributed by atoms with Gasteiger partial charge in [-0.1, -0.05) is 44.2 Å². The third-order valence-corrected chi connectivity index (χ3v) is 8.33. The van der Waals surface area contributed by atoms with Crippen molar-refractivity contribution in [3.63, 3.8) is 0 Å². The summed E-state index contributed by atoms with van der Waals surface area (Å²) in [6.07, 6.45) is 1.18. The van der Waals surface area contributed by atoms with Crippen LogP contribution in [0.3, 0.4) is 0 Å². The standard InChI is InChI=1S/C34H46N8O5/c1-20(2)30-32-37-24(6)40-42(32)19-28(45)35-15-11-17-41(34(47)29-21(3)31(23(5)43)36-22(29)4)16-10-14-27(44)38-26(33(46)39-30)18-25-12-8-7-9-13-25/h7-9,12-13,20,26,30,36H,10-11,14-19H2,1-6H3,(H,35,45)(H,38,44)(H,39,46)/t26-,30+/m1/s1. The first-order valence-corrected chi connectivity index (χ1v) is 16.2. The molecule has 4 N–H and O–H groups in total. The normalized spacial score (nSPS) is 18.9. The molecular weight excluding hydrogens is 600 g/mol. The summed E-state index contributed by atoms with van der Waals surface area (Å²) in [4.78, 5) is 75.3. The van der Waals surface area contributed by atoms with E-state index < -0.39 is 12.1 Å². The van der Waals surface area contributed by atoms with E-state index >= 15 is 0 Å². The van der Waals surface area contributed by atoms with Crippen LogP contribution >= 0.6 is 0 Å². The van der Waals surface area contributed by atoms with Crippen LogP contribution in [0.1, 0.15) is 95.4 Å². The van der Waals surface area contributed by atoms with E-state index in [1.54, 1.807) is 25.7 Å². The number of nitrogens with zero attached hydrogens (tertiary/aromatic N) is 4. The maximum absolute atomic E-state index is 13.8. The summed E-state index contributed by atoms with van der Waals surface area (Å²) < 4.78 is 1.50. The van der Waals surface area contributed by atoms with Gasteiger partial charge in [-0.05, 0) is 50.7 Å². The zero-order chi connectivity index (χ0) is 34.2. The number of nitrogens with one attached hydrogen (secondary N) is 4. The zero-order valence-corrected chi connectivity index (χ0v) is 28.1. The molecule has 4 amide bonds. The Hall–Kier alpha value is -4.81. The summed E-state index contributed by atoms with van der Waals surface area (Å²) >= 11 is 0. The molecule has 13 heteroatoms. The molecule has 47 heavy (non-hydrogen) atoms. The highest BCUT2D eigenvalue weighted by molar-refractivity contribution is 6.02. The number of hydrogen-bond acceptors (Lipinski definition) is 7. The largest absolute Gasteiger partial charge is 0.355 e. The van der Waals surface area contributed by atoms with Gasteiger partial charge in [0.2, 0.25) is 17.7 Å². The zero-order valence-electron chi connectivity index (χ0n) is 28.1. The van der Waals surface area contributed by atoms with E-state index in [0.717, 1.165) is 5.56 Å². The van der Waals surface area contributed by atoms with Crippen LogP contribution in [-0.2, 0) is 27.3 Å². The van der Waals surface area contributed by atoms with Crippen LogP contribution < -0.4 is 16.0 Å². The lowest BCUT2D eigenvalue weighted by atomic mass is 10.0. The molecule has 0 unspecified atom stereocenters. The number of amides is 4. The van der Waals surface area contributed by atoms with E-state index in [-0.39, 0.29) is 61.3 Å². The Morgan fingerprint density at radius 2 is 1.68 bits per heavy atom. The minimum atomic E-state index is -0.876. The number of aromatic amines is 1. The molecule has 0 radical (unpaired) electrons. The number of benzene rings is 1. The van der Waals surface area contributed by atoms with Crippen molar-refractivity contribution in [3.05, 3.63) is 70.1 Å². The molecule has 0 fully saturated rings. The maximum Gasteiger partial charge on any atom is 0.255 e. The van der Waals surface area contributed by atoms with Crippen molar-refractivity contribution in [2.24, 2.45) is 5.92 Å². The Balaban J connectivity index is 1.63. The van der Waals surface area contributed by atoms with Crippen LogP contribution in [0.5, 0.6) is 0 Å². The van der Waals surface area contributed by atoms with E-state index in [9.17, 15) is 24.0 Å². The number of rotatable bonds is 5. The molecule has 1 aromatic carbocycles. The summed E-state index contributed by atoms with van der Waals surface area (Å²) in [5.74, 6) is -0.565. The molecule has 0 saturated heterocycles. The first kappa shape index (κ1) is 35.1. The molecule has 2 aromatic heterocycles. The fourth-order valence-electron chi connectivity index (χ4n) is 5.94. The number of H-pyrrole nitrogens is 1. The first-order chi connectivity index (χ1) is 22.3. The molecule has 252 valence electrons. The second-order valence-corrected chi connectivity index (χ2v) is 12.5. The van der Waals surface area contributed by atoms with Gasteiger partial charge in [-0.15, -0.1) is 0 Å². The highest BCUT2D eigenvalue weighted by Crippen LogP contribution is 2.22. The van der Waals surface area contributed by atoms with Gasteiger partial charge in [-0.2, -0.15) is 5.10 Å². The molecule has 0 saturated carbocycles. The third kappa shape index (κ3) is 8.93. The van der Waals surface area contributed by atoms with Gasteiger partial charge in [0.1, 0.15) is 18.4 Å². The molecular formula is C34H46N8O5. The Bertz CT molecular complexity index is 1610. The summed E-state index contributed by atoms with van der Waals surface area (Å²) in [6.45, 7) is 11.4. The third-order valence-electron chi connectivity index (χ3n) is 8.33. The lowest BCUT2D eigenvalue weighted by Gasteiger charge is -2.26. The number of carbonyl (C=O) groups excluding carboxylic acids is 5. The fraction of sp³-hybridized carbons (Fsp3) is 0.500. The predicted molar refractivity (Wildman–Crippen MR) is 176 cm³/mol. The molecule has 1 aliphatic heterocycles. The molecule has 2 atom stereocenters. The average Bonchev–Trinajstić information content (AvgIpc) is 3.53. The van der Waals surface area contributed by atoms with Gasteiger partial charge in [-0.25, -0.2) is 9.67 Å². The molecule has 13 nitrogen and oxygen atoms in total. The van der Waals surface area contributed by atoms with Crippen LogP contribution in [0.4, 0.5) is 0 Å². The molecule has 4 rings (SSSR count). The highest BCUT2D eigenvalue weighted by atomic mass is 16.2. The van der Waals surface area contributed by atoms with E-state index in [1.165, 1.54) is 11.6 Å². The van der Waals surface area contributed by atoms with Crippen molar-refractivity contribution < 1.29 is 24.0 Å². The summed E-state index contributed by atoms with van der Waals surface area (Å²) in [5, 5.41) is 13.3. The summed E-state index contributed by atoms with van der Waals surface area (Å²) in [6, 6.07) is 8.00. The van der Waals surface area contributed by atoms with Crippen molar-refractivity contribution in [3.8, 4) is 0 Å². The second kappa shape index (κ2) is 15.7. The van der Waals surface area contributed by atoms with E-state index in [0.29, 0.717) is 60.1 Å². The summed E-state index contributed by atoms with van der Waals surface area (Å²) in [7, 11) is 0. The van der Waals surface area contributed by atoms with Gasteiger partial charge in [0.25, 0.3) is 5.91 Å². The molecule has 0 bridgehead atoms. The minimum absolute atomic E-state index is 0.0873. The first-order valence-electron chi connectivity index (χ1n) is 16.2. The topological polar surface area (TPSA) is 171 Å². The number of aromatic nitrogens is 4. The Morgan fingerprint density at radius 1 is 0.979 bits per heavy atom. The lowest BCUT2D eigenvalue weighted by molar-refractivity contribution is -0.129. The van der Waals surface area contributed by atoms with Crippen molar-refractivity contribution in [2.75, 3.05) is 19.6 Å². The quantitative estimate of drug-likeness (QED) is 0.309. The molecule has 0 aliphatic carbocycles. The molecule has 0 spiro atoms. The van der Waals surface area contributed by atoms with Crippen LogP contribution in [0.2, 0.25) is 0 Å². The van der Waals surface area contributed by atoms with Gasteiger partial charge >= 0.3 is 0 Å². The number of ketones is 1. The predicted octanol–water partition coefficient (Wildman–Crippen LogP) is 2.72. The van der Waals surface area contributed by atoms with Gasteiger partial charge in [-0.3, -0.25) is 24.0 Å². The van der Waals surface area contributed by atoms with Crippen molar-refractivity contribution in [1.82, 2.24) is 40.6 Å². The monoisotopic (exact) mass is 646 g/mol. The Labute approximate surface area is 275 Å². The molecule has 3 heterocycles. The number of carbonyl (C=O) groups is 5. The number of hydrogen-bond donors (Lipinski definition) is 4. The highest BCUT2D eigenvalue weighted by Gasteiger charge is 2.30. The fourth-order valence-corrected chi connectivity index (χ4v) is 5.94. The van der Waals surface area contributed by atoms with E-state index in [2.05, 4.69) is 31.0 Å². The van der Waals surface area contributed by atoms with E-state index in [4.69, 9.17) is 0 Å². The summed E-state index contributed by atoms with van der Waals surface area (Å²) in [5.41, 5.74) is 2.88. The second-order valence-electron chi connectivity index (χ2n) is 12.5. The van der Waals surface area contributed by atoms with Crippen LogP contribution in [0.15, 0.2) is 30.3 Å². The van der Waals surface area contributed by atoms with Crippen LogP contribution in [-0.4, -0.2) is 79.7 Å². The van der Waals surface area contributed by atoms with Gasteiger partial charge in [0.15, 0.2) is 11.6 Å². The number of Topliss-reactive ketones (excluding diaryl/α,β-unsaturated/α-hetero) is 1. The van der Waals surface area contributed by atoms with Crippen LogP contribution in [0.25, 0.3) is 0 Å². The lowest BCUT2D eigenvalue weighted by Crippen LogP contribution is -2.50. The van der Waals surface area contributed by atoms with E-state index in [1.807, 2.05) is 44.2 Å². The van der Waals surface area contributed by atoms with Crippen molar-refractivity contribution in [1.29, 1.82) is 0 Å². The van der Waals surface area contributed by atoms with Crippen LogP contribution in [0, 0.1) is 26.7 Å². The van der Waals surface area contributed by atoms with Gasteiger partial charge in [0, 0.05) is 45.1 Å². The van der Waals surface area contributed by atoms with Crippen molar-refractivity contribution >= 4 is 29.4 Å². The molecule has 1 aliphatic rings. The Morgan fingerprint density at radius 3 is 2.34 bits per heavy atom. The molecule has 3 aromatic rings. The minimum Gasteiger partial charge on any atom is -0.355 e. The van der Waals surface area contributed by atoms with Crippen molar-refractivity contribution in [2.45, 2.75) is 85.9 Å². The smallest absolute Gasteiger partial charge is 0.255 e. The maximum atomic E-state index is 13.8. The SMILES string of the molecule is CC(=O)c1[nH]c(C)c(C(=O)N2CCCNC(=O)Cn3nc(C)nc3[C@H](C(C)C)NC(=O)[C@@H](Cc3ccccc3)NC(=O)CCC2)c1C. The number of fused-ring (bicyclic) bond motifs is 1. The number of aryl methyl sites for hydroxylation is 2. The Kier molecular flexibility index (Phi) is 11.7. The van der Waals surface area contributed by atoms with Gasteiger partial charge < -0.3 is 25.8 Å². The van der Waals surface area contributed by atoms with Gasteiger partial charge in [0.05, 0.1) is 17.3 Å². The average molecular weight is 647 g/mol.